The Bertz CT molecular complexity index is 691. The minimum absolute atomic E-state index is 0.395. The van der Waals surface area contributed by atoms with Crippen molar-refractivity contribution in [2.45, 2.75) is 6.43 Å². The van der Waals surface area contributed by atoms with Gasteiger partial charge in [-0.2, -0.15) is 0 Å². The van der Waals surface area contributed by atoms with Crippen LogP contribution in [0.2, 0.25) is 0 Å². The second kappa shape index (κ2) is 5.28. The van der Waals surface area contributed by atoms with Gasteiger partial charge in [-0.3, -0.25) is 0 Å². The van der Waals surface area contributed by atoms with E-state index in [4.69, 9.17) is 4.74 Å². The van der Waals surface area contributed by atoms with Gasteiger partial charge in [-0.1, -0.05) is 24.3 Å². The molecular formula is C15H12F2N2O. The Labute approximate surface area is 114 Å². The largest absolute Gasteiger partial charge is 0.487 e. The molecule has 3 nitrogen and oxygen atoms in total. The number of rotatable bonds is 4. The molecule has 2 aromatic carbocycles. The molecule has 1 aromatic heterocycles. The molecule has 1 heterocycles. The quantitative estimate of drug-likeness (QED) is 0.784. The van der Waals surface area contributed by atoms with Crippen LogP contribution in [0.5, 0.6) is 5.75 Å². The highest BCUT2D eigenvalue weighted by Gasteiger charge is 2.12. The van der Waals surface area contributed by atoms with Gasteiger partial charge in [0.2, 0.25) is 0 Å². The molecule has 0 radical (unpaired) electrons. The number of benzene rings is 2. The summed E-state index contributed by atoms with van der Waals surface area (Å²) in [6.07, 6.45) is -2.50. The van der Waals surface area contributed by atoms with E-state index >= 15 is 0 Å². The van der Waals surface area contributed by atoms with Crippen molar-refractivity contribution in [1.82, 2.24) is 9.97 Å². The number of halogens is 2. The molecule has 5 heteroatoms. The summed E-state index contributed by atoms with van der Waals surface area (Å²) in [5.74, 6) is 1.00. The first-order valence-corrected chi connectivity index (χ1v) is 6.19. The number of imidazole rings is 1. The second-order valence-corrected chi connectivity index (χ2v) is 4.30. The number of nitrogens with zero attached hydrogens (tertiary/aromatic N) is 1. The van der Waals surface area contributed by atoms with Crippen molar-refractivity contribution in [2.75, 3.05) is 6.61 Å². The Morgan fingerprint density at radius 1 is 1.05 bits per heavy atom. The van der Waals surface area contributed by atoms with E-state index in [1.807, 2.05) is 30.3 Å². The van der Waals surface area contributed by atoms with Crippen LogP contribution in [0.15, 0.2) is 48.5 Å². The molecule has 20 heavy (non-hydrogen) atoms. The maximum atomic E-state index is 12.3. The summed E-state index contributed by atoms with van der Waals surface area (Å²) in [4.78, 5) is 7.61. The zero-order valence-corrected chi connectivity index (χ0v) is 10.5. The molecule has 102 valence electrons. The van der Waals surface area contributed by atoms with Gasteiger partial charge in [0.15, 0.2) is 0 Å². The molecule has 0 unspecified atom stereocenters. The van der Waals surface area contributed by atoms with E-state index in [-0.39, 0.29) is 0 Å². The fourth-order valence-corrected chi connectivity index (χ4v) is 2.02. The maximum absolute atomic E-state index is 12.3. The van der Waals surface area contributed by atoms with Crippen LogP contribution < -0.4 is 4.74 Å². The topological polar surface area (TPSA) is 37.9 Å². The predicted octanol–water partition coefficient (Wildman–Crippen LogP) is 3.87. The van der Waals surface area contributed by atoms with Crippen molar-refractivity contribution in [3.05, 3.63) is 48.5 Å². The van der Waals surface area contributed by atoms with Crippen molar-refractivity contribution in [3.8, 4) is 17.1 Å². The highest BCUT2D eigenvalue weighted by atomic mass is 19.3. The number of nitrogens with one attached hydrogen (secondary N) is 1. The van der Waals surface area contributed by atoms with Gasteiger partial charge < -0.3 is 9.72 Å². The molecule has 0 aliphatic rings. The number of fused-ring (bicyclic) bond motifs is 1. The monoisotopic (exact) mass is 274 g/mol. The molecule has 3 aromatic rings. The molecular weight excluding hydrogens is 262 g/mol. The zero-order chi connectivity index (χ0) is 13.9. The van der Waals surface area contributed by atoms with Crippen molar-refractivity contribution < 1.29 is 13.5 Å². The van der Waals surface area contributed by atoms with Crippen molar-refractivity contribution in [2.24, 2.45) is 0 Å². The number of aromatic amines is 1. The summed E-state index contributed by atoms with van der Waals surface area (Å²) in [7, 11) is 0. The summed E-state index contributed by atoms with van der Waals surface area (Å²) in [5, 5.41) is 0. The number of H-pyrrole nitrogens is 1. The Morgan fingerprint density at radius 2 is 1.80 bits per heavy atom. The molecule has 1 N–H and O–H groups in total. The van der Waals surface area contributed by atoms with Crippen LogP contribution in [-0.4, -0.2) is 23.0 Å². The van der Waals surface area contributed by atoms with Crippen molar-refractivity contribution in [3.63, 3.8) is 0 Å². The van der Waals surface area contributed by atoms with Crippen molar-refractivity contribution in [1.29, 1.82) is 0 Å². The van der Waals surface area contributed by atoms with Gasteiger partial charge in [-0.25, -0.2) is 13.8 Å². The third kappa shape index (κ3) is 2.47. The average molecular weight is 274 g/mol. The molecule has 0 atom stereocenters. The molecule has 0 spiro atoms. The fraction of sp³-hybridized carbons (Fsp3) is 0.133. The number of ether oxygens (including phenoxy) is 1. The van der Waals surface area contributed by atoms with Gasteiger partial charge in [0.05, 0.1) is 16.6 Å². The van der Waals surface area contributed by atoms with Gasteiger partial charge in [-0.05, 0) is 24.3 Å². The lowest BCUT2D eigenvalue weighted by atomic mass is 10.2. The van der Waals surface area contributed by atoms with Crippen LogP contribution in [0, 0.1) is 0 Å². The Balaban J connectivity index is 2.00. The van der Waals surface area contributed by atoms with E-state index in [0.29, 0.717) is 17.1 Å². The highest BCUT2D eigenvalue weighted by Crippen LogP contribution is 2.29. The first-order chi connectivity index (χ1) is 9.74. The lowest BCUT2D eigenvalue weighted by Gasteiger charge is -2.09. The minimum atomic E-state index is -2.50. The Morgan fingerprint density at radius 3 is 2.60 bits per heavy atom. The van der Waals surface area contributed by atoms with Gasteiger partial charge >= 0.3 is 0 Å². The summed E-state index contributed by atoms with van der Waals surface area (Å²) < 4.78 is 29.7. The lowest BCUT2D eigenvalue weighted by Crippen LogP contribution is -2.07. The summed E-state index contributed by atoms with van der Waals surface area (Å²) in [5.41, 5.74) is 2.39. The molecule has 0 saturated heterocycles. The van der Waals surface area contributed by atoms with Crippen LogP contribution >= 0.6 is 0 Å². The molecule has 0 saturated carbocycles. The minimum Gasteiger partial charge on any atom is -0.487 e. The summed E-state index contributed by atoms with van der Waals surface area (Å²) in [6, 6.07) is 14.6. The van der Waals surface area contributed by atoms with Gasteiger partial charge in [-0.15, -0.1) is 0 Å². The highest BCUT2D eigenvalue weighted by molar-refractivity contribution is 5.80. The maximum Gasteiger partial charge on any atom is 0.272 e. The van der Waals surface area contributed by atoms with E-state index in [2.05, 4.69) is 9.97 Å². The molecule has 0 amide bonds. The van der Waals surface area contributed by atoms with Crippen LogP contribution in [-0.2, 0) is 0 Å². The van der Waals surface area contributed by atoms with E-state index in [0.717, 1.165) is 11.0 Å². The van der Waals surface area contributed by atoms with Crippen LogP contribution in [0.4, 0.5) is 8.78 Å². The second-order valence-electron chi connectivity index (χ2n) is 4.30. The lowest BCUT2D eigenvalue weighted by molar-refractivity contribution is 0.0822. The zero-order valence-electron chi connectivity index (χ0n) is 10.5. The molecule has 3 rings (SSSR count). The number of hydrogen-bond acceptors (Lipinski definition) is 2. The van der Waals surface area contributed by atoms with E-state index < -0.39 is 13.0 Å². The summed E-state index contributed by atoms with van der Waals surface area (Å²) in [6.45, 7) is -0.628. The summed E-state index contributed by atoms with van der Waals surface area (Å²) >= 11 is 0. The first-order valence-electron chi connectivity index (χ1n) is 6.19. The van der Waals surface area contributed by atoms with Crippen molar-refractivity contribution >= 4 is 11.0 Å². The number of para-hydroxylation sites is 3. The number of aromatic nitrogens is 2. The molecule has 0 fully saturated rings. The molecule has 0 bridgehead atoms. The third-order valence-electron chi connectivity index (χ3n) is 2.90. The smallest absolute Gasteiger partial charge is 0.272 e. The van der Waals surface area contributed by atoms with E-state index in [1.165, 1.54) is 0 Å². The van der Waals surface area contributed by atoms with E-state index in [9.17, 15) is 8.78 Å². The van der Waals surface area contributed by atoms with E-state index in [1.54, 1.807) is 18.2 Å². The first kappa shape index (κ1) is 12.6. The molecule has 0 aliphatic heterocycles. The Hall–Kier alpha value is -2.43. The van der Waals surface area contributed by atoms with Crippen LogP contribution in [0.1, 0.15) is 0 Å². The Kier molecular flexibility index (Phi) is 3.33. The van der Waals surface area contributed by atoms with Gasteiger partial charge in [0.25, 0.3) is 6.43 Å². The number of hydrogen-bond donors (Lipinski definition) is 1. The molecule has 0 aliphatic carbocycles. The average Bonchev–Trinajstić information content (AvgIpc) is 2.89. The third-order valence-corrected chi connectivity index (χ3v) is 2.90. The SMILES string of the molecule is FC(F)COc1ccccc1-c1nc2ccccc2[nH]1. The van der Waals surface area contributed by atoms with Crippen LogP contribution in [0.25, 0.3) is 22.4 Å². The standard InChI is InChI=1S/C15H12F2N2O/c16-14(17)9-20-13-8-4-1-5-10(13)15-18-11-6-2-3-7-12(11)19-15/h1-8,14H,9H2,(H,18,19). The normalized spacial score (nSPS) is 11.2. The van der Waals surface area contributed by atoms with Crippen LogP contribution in [0.3, 0.4) is 0 Å². The number of alkyl halides is 2. The van der Waals surface area contributed by atoms with Gasteiger partial charge in [0, 0.05) is 0 Å². The predicted molar refractivity (Wildman–Crippen MR) is 73.0 cm³/mol. The van der Waals surface area contributed by atoms with Gasteiger partial charge in [0.1, 0.15) is 18.2 Å². The fourth-order valence-electron chi connectivity index (χ4n) is 2.02.